The Kier molecular flexibility index (Phi) is 7.18. The molecule has 2 heterocycles. The van der Waals surface area contributed by atoms with Gasteiger partial charge in [-0.25, -0.2) is 9.48 Å². The van der Waals surface area contributed by atoms with Gasteiger partial charge in [0.1, 0.15) is 11.8 Å². The Morgan fingerprint density at radius 1 is 1.18 bits per heavy atom. The number of carbonyl (C=O) groups excluding carboxylic acids is 2. The molecular weight excluding hydrogens is 472 g/mol. The lowest BCUT2D eigenvalue weighted by atomic mass is 10.2. The fourth-order valence-electron chi connectivity index (χ4n) is 3.07. The van der Waals surface area contributed by atoms with Gasteiger partial charge in [0, 0.05) is 22.9 Å². The van der Waals surface area contributed by atoms with E-state index in [4.69, 9.17) is 21.6 Å². The Morgan fingerprint density at radius 3 is 2.74 bits per heavy atom. The molecule has 0 atom stereocenters. The number of hydrogen-bond donors (Lipinski definition) is 1. The topological polar surface area (TPSA) is 97.0 Å². The zero-order valence-corrected chi connectivity index (χ0v) is 19.2. The van der Waals surface area contributed by atoms with Crippen molar-refractivity contribution in [2.45, 2.75) is 0 Å². The van der Waals surface area contributed by atoms with Crippen molar-refractivity contribution >= 4 is 46.6 Å². The monoisotopic (exact) mass is 488 g/mol. The van der Waals surface area contributed by atoms with Crippen LogP contribution in [0, 0.1) is 11.3 Å². The van der Waals surface area contributed by atoms with Crippen LogP contribution in [0.3, 0.4) is 0 Å². The number of hydrogen-bond acceptors (Lipinski definition) is 6. The summed E-state index contributed by atoms with van der Waals surface area (Å²) in [5.41, 5.74) is 2.84. The van der Waals surface area contributed by atoms with E-state index in [2.05, 4.69) is 10.4 Å². The molecule has 0 aliphatic carbocycles. The summed E-state index contributed by atoms with van der Waals surface area (Å²) in [6.07, 6.45) is 4.67. The summed E-state index contributed by atoms with van der Waals surface area (Å²) >= 11 is 7.45. The van der Waals surface area contributed by atoms with Crippen LogP contribution >= 0.6 is 22.9 Å². The highest BCUT2D eigenvalue weighted by atomic mass is 35.5. The van der Waals surface area contributed by atoms with Crippen LogP contribution < -0.4 is 5.32 Å². The summed E-state index contributed by atoms with van der Waals surface area (Å²) in [5, 5.41) is 18.6. The number of halogens is 1. The first-order valence-corrected chi connectivity index (χ1v) is 11.3. The Hall–Kier alpha value is -4.19. The van der Waals surface area contributed by atoms with Gasteiger partial charge < -0.3 is 10.1 Å². The van der Waals surface area contributed by atoms with Crippen LogP contribution in [0.5, 0.6) is 0 Å². The fourth-order valence-corrected chi connectivity index (χ4v) is 3.98. The molecule has 7 nitrogen and oxygen atoms in total. The number of ether oxygens (including phenoxy) is 1. The Morgan fingerprint density at radius 2 is 2.00 bits per heavy atom. The van der Waals surface area contributed by atoms with Gasteiger partial charge in [-0.05, 0) is 47.9 Å². The zero-order valence-electron chi connectivity index (χ0n) is 17.6. The highest BCUT2D eigenvalue weighted by Crippen LogP contribution is 2.28. The van der Waals surface area contributed by atoms with Gasteiger partial charge in [0.15, 0.2) is 6.61 Å². The molecule has 4 rings (SSSR count). The second kappa shape index (κ2) is 10.6. The van der Waals surface area contributed by atoms with Gasteiger partial charge in [0.05, 0.1) is 21.8 Å². The number of amides is 1. The molecule has 34 heavy (non-hydrogen) atoms. The molecule has 0 fully saturated rings. The second-order valence-corrected chi connectivity index (χ2v) is 8.37. The van der Waals surface area contributed by atoms with Crippen molar-refractivity contribution in [1.29, 1.82) is 5.26 Å². The summed E-state index contributed by atoms with van der Waals surface area (Å²) in [6.45, 7) is -0.512. The summed E-state index contributed by atoms with van der Waals surface area (Å²) in [4.78, 5) is 25.4. The van der Waals surface area contributed by atoms with E-state index in [1.807, 2.05) is 60.1 Å². The lowest BCUT2D eigenvalue weighted by Gasteiger charge is -2.07. The number of thiophene rings is 1. The number of nitriles is 1. The number of para-hydroxylation sites is 1. The molecule has 0 bridgehead atoms. The number of aromatic nitrogens is 2. The first kappa shape index (κ1) is 23.0. The third-order valence-electron chi connectivity index (χ3n) is 4.64. The SMILES string of the molecule is N#Cc1ccc(Cl)cc1NC(=O)COC(=O)/C=C/c1cn(-c2ccccc2)nc1-c1cccs1. The average Bonchev–Trinajstić information content (AvgIpc) is 3.52. The molecular formula is C25H17ClN4O3S. The summed E-state index contributed by atoms with van der Waals surface area (Å²) in [6, 6.07) is 20.0. The maximum absolute atomic E-state index is 12.2. The lowest BCUT2D eigenvalue weighted by molar-refractivity contribution is -0.142. The van der Waals surface area contributed by atoms with Crippen LogP contribution in [-0.2, 0) is 14.3 Å². The highest BCUT2D eigenvalue weighted by molar-refractivity contribution is 7.13. The average molecular weight is 489 g/mol. The maximum Gasteiger partial charge on any atom is 0.331 e. The minimum atomic E-state index is -0.689. The zero-order chi connectivity index (χ0) is 23.9. The first-order valence-electron chi connectivity index (χ1n) is 10.1. The van der Waals surface area contributed by atoms with E-state index in [9.17, 15) is 9.59 Å². The Labute approximate surface area is 204 Å². The molecule has 0 aliphatic heterocycles. The van der Waals surface area contributed by atoms with Crippen LogP contribution in [0.25, 0.3) is 22.3 Å². The molecule has 9 heteroatoms. The number of benzene rings is 2. The van der Waals surface area contributed by atoms with Crippen molar-refractivity contribution in [3.8, 4) is 22.3 Å². The molecule has 0 unspecified atom stereocenters. The number of nitrogens with one attached hydrogen (secondary N) is 1. The van der Waals surface area contributed by atoms with Gasteiger partial charge in [-0.15, -0.1) is 11.3 Å². The number of anilines is 1. The second-order valence-electron chi connectivity index (χ2n) is 6.98. The predicted octanol–water partition coefficient (Wildman–Crippen LogP) is 5.32. The van der Waals surface area contributed by atoms with Crippen LogP contribution in [0.4, 0.5) is 5.69 Å². The van der Waals surface area contributed by atoms with Crippen LogP contribution in [-0.4, -0.2) is 28.3 Å². The van der Waals surface area contributed by atoms with Gasteiger partial charge in [-0.1, -0.05) is 35.9 Å². The molecule has 0 saturated heterocycles. The van der Waals surface area contributed by atoms with Crippen molar-refractivity contribution in [3.05, 3.63) is 94.5 Å². The van der Waals surface area contributed by atoms with Crippen LogP contribution in [0.15, 0.2) is 78.3 Å². The van der Waals surface area contributed by atoms with Gasteiger partial charge in [0.2, 0.25) is 0 Å². The maximum atomic E-state index is 12.2. The van der Waals surface area contributed by atoms with Crippen LogP contribution in [0.1, 0.15) is 11.1 Å². The molecule has 1 N–H and O–H groups in total. The predicted molar refractivity (Wildman–Crippen MR) is 132 cm³/mol. The van der Waals surface area contributed by atoms with Crippen molar-refractivity contribution in [2.75, 3.05) is 11.9 Å². The van der Waals surface area contributed by atoms with Gasteiger partial charge in [0.25, 0.3) is 5.91 Å². The number of rotatable bonds is 7. The third-order valence-corrected chi connectivity index (χ3v) is 5.75. The first-order chi connectivity index (χ1) is 16.5. The van der Waals surface area contributed by atoms with Gasteiger partial charge >= 0.3 is 5.97 Å². The normalized spacial score (nSPS) is 10.7. The van der Waals surface area contributed by atoms with Crippen molar-refractivity contribution in [1.82, 2.24) is 9.78 Å². The minimum Gasteiger partial charge on any atom is -0.452 e. The molecule has 0 saturated carbocycles. The van der Waals surface area contributed by atoms with E-state index in [0.29, 0.717) is 5.02 Å². The minimum absolute atomic E-state index is 0.250. The van der Waals surface area contributed by atoms with E-state index in [1.165, 1.54) is 18.2 Å². The summed E-state index contributed by atoms with van der Waals surface area (Å²) < 4.78 is 6.79. The quantitative estimate of drug-likeness (QED) is 0.280. The van der Waals surface area contributed by atoms with Crippen molar-refractivity contribution in [2.24, 2.45) is 0 Å². The molecule has 2 aromatic carbocycles. The molecule has 0 radical (unpaired) electrons. The molecule has 4 aromatic rings. The van der Waals surface area contributed by atoms with Crippen molar-refractivity contribution < 1.29 is 14.3 Å². The standard InChI is InChI=1S/C25H17ClN4O3S/c26-19-10-8-17(14-27)21(13-19)28-23(31)16-33-24(32)11-9-18-15-30(20-5-2-1-3-6-20)29-25(18)22-7-4-12-34-22/h1-13,15H,16H2,(H,28,31)/b11-9+. The molecule has 1 amide bonds. The molecule has 2 aromatic heterocycles. The number of nitrogens with zero attached hydrogens (tertiary/aromatic N) is 3. The third kappa shape index (κ3) is 5.59. The summed E-state index contributed by atoms with van der Waals surface area (Å²) in [7, 11) is 0. The van der Waals surface area contributed by atoms with Crippen molar-refractivity contribution in [3.63, 3.8) is 0 Å². The van der Waals surface area contributed by atoms with E-state index >= 15 is 0 Å². The van der Waals surface area contributed by atoms with E-state index in [0.717, 1.165) is 21.8 Å². The lowest BCUT2D eigenvalue weighted by Crippen LogP contribution is -2.20. The van der Waals surface area contributed by atoms with Crippen LogP contribution in [0.2, 0.25) is 5.02 Å². The van der Waals surface area contributed by atoms with Gasteiger partial charge in [-0.2, -0.15) is 10.4 Å². The van der Waals surface area contributed by atoms with Gasteiger partial charge in [-0.3, -0.25) is 4.79 Å². The number of carbonyl (C=O) groups is 2. The van der Waals surface area contributed by atoms with E-state index < -0.39 is 18.5 Å². The van der Waals surface area contributed by atoms with E-state index in [1.54, 1.807) is 28.2 Å². The van der Waals surface area contributed by atoms with E-state index in [-0.39, 0.29) is 11.3 Å². The Balaban J connectivity index is 1.44. The molecule has 168 valence electrons. The highest BCUT2D eigenvalue weighted by Gasteiger charge is 2.13. The fraction of sp³-hybridized carbons (Fsp3) is 0.0400. The smallest absolute Gasteiger partial charge is 0.331 e. The molecule has 0 spiro atoms. The number of esters is 1. The summed E-state index contributed by atoms with van der Waals surface area (Å²) in [5.74, 6) is -1.27. The largest absolute Gasteiger partial charge is 0.452 e. The Bertz CT molecular complexity index is 1390. The molecule has 0 aliphatic rings.